The van der Waals surface area contributed by atoms with E-state index in [2.05, 4.69) is 37.1 Å². The van der Waals surface area contributed by atoms with Crippen molar-refractivity contribution in [3.63, 3.8) is 0 Å². The molecule has 1 aromatic heterocycles. The number of nitrogens with one attached hydrogen (secondary N) is 1. The van der Waals surface area contributed by atoms with Crippen LogP contribution in [0.4, 0.5) is 0 Å². The van der Waals surface area contributed by atoms with E-state index in [1.807, 2.05) is 18.2 Å². The standard InChI is InChI=1S/C16H22N2O2/c1-4-8-17-10-14-11-19-16(18-14)20-15-7-5-6-13(9-15)12(2)3/h5-7,9,11-12,17H,4,8,10H2,1-3H3. The molecule has 4 heteroatoms. The number of aromatic nitrogens is 1. The topological polar surface area (TPSA) is 47.3 Å². The Morgan fingerprint density at radius 3 is 2.95 bits per heavy atom. The van der Waals surface area contributed by atoms with Gasteiger partial charge in [0.15, 0.2) is 0 Å². The molecule has 0 bridgehead atoms. The molecule has 2 rings (SSSR count). The molecule has 1 heterocycles. The van der Waals surface area contributed by atoms with Crippen LogP contribution in [0.3, 0.4) is 0 Å². The Labute approximate surface area is 120 Å². The Morgan fingerprint density at radius 2 is 2.20 bits per heavy atom. The number of nitrogens with zero attached hydrogens (tertiary/aromatic N) is 1. The van der Waals surface area contributed by atoms with E-state index in [1.165, 1.54) is 5.56 Å². The summed E-state index contributed by atoms with van der Waals surface area (Å²) in [4.78, 5) is 4.30. The average molecular weight is 274 g/mol. The molecular formula is C16H22N2O2. The summed E-state index contributed by atoms with van der Waals surface area (Å²) >= 11 is 0. The molecule has 1 N–H and O–H groups in total. The summed E-state index contributed by atoms with van der Waals surface area (Å²) in [6.07, 6.45) is 3.02. The number of rotatable bonds is 7. The van der Waals surface area contributed by atoms with Crippen LogP contribution in [0.2, 0.25) is 0 Å². The molecule has 0 saturated carbocycles. The molecule has 0 spiro atoms. The Bertz CT molecular complexity index is 535. The van der Waals surface area contributed by atoms with E-state index < -0.39 is 0 Å². The highest BCUT2D eigenvalue weighted by atomic mass is 16.6. The number of benzene rings is 1. The zero-order valence-electron chi connectivity index (χ0n) is 12.3. The molecule has 0 aliphatic heterocycles. The first kappa shape index (κ1) is 14.6. The van der Waals surface area contributed by atoms with Crippen molar-refractivity contribution in [2.75, 3.05) is 6.54 Å². The third-order valence-corrected chi connectivity index (χ3v) is 2.99. The van der Waals surface area contributed by atoms with Crippen molar-refractivity contribution in [1.82, 2.24) is 10.3 Å². The van der Waals surface area contributed by atoms with Gasteiger partial charge in [-0.25, -0.2) is 0 Å². The molecular weight excluding hydrogens is 252 g/mol. The van der Waals surface area contributed by atoms with Gasteiger partial charge < -0.3 is 14.5 Å². The lowest BCUT2D eigenvalue weighted by atomic mass is 10.0. The summed E-state index contributed by atoms with van der Waals surface area (Å²) in [5.41, 5.74) is 2.09. The highest BCUT2D eigenvalue weighted by Crippen LogP contribution is 2.24. The maximum absolute atomic E-state index is 5.65. The van der Waals surface area contributed by atoms with E-state index in [9.17, 15) is 0 Å². The summed E-state index contributed by atoms with van der Waals surface area (Å²) in [6.45, 7) is 8.11. The number of hydrogen-bond donors (Lipinski definition) is 1. The van der Waals surface area contributed by atoms with Gasteiger partial charge in [-0.15, -0.1) is 0 Å². The summed E-state index contributed by atoms with van der Waals surface area (Å²) in [7, 11) is 0. The van der Waals surface area contributed by atoms with Crippen molar-refractivity contribution in [2.24, 2.45) is 0 Å². The van der Waals surface area contributed by atoms with E-state index in [4.69, 9.17) is 9.15 Å². The molecule has 0 aliphatic carbocycles. The van der Waals surface area contributed by atoms with Crippen molar-refractivity contribution in [1.29, 1.82) is 0 Å². The van der Waals surface area contributed by atoms with E-state index in [0.717, 1.165) is 24.4 Å². The molecule has 20 heavy (non-hydrogen) atoms. The minimum Gasteiger partial charge on any atom is -0.417 e. The maximum Gasteiger partial charge on any atom is 0.399 e. The third-order valence-electron chi connectivity index (χ3n) is 2.99. The summed E-state index contributed by atoms with van der Waals surface area (Å²) in [5.74, 6) is 1.23. The monoisotopic (exact) mass is 274 g/mol. The van der Waals surface area contributed by atoms with Crippen LogP contribution < -0.4 is 10.1 Å². The first-order chi connectivity index (χ1) is 9.69. The number of ether oxygens (including phenoxy) is 1. The normalized spacial score (nSPS) is 11.0. The van der Waals surface area contributed by atoms with Gasteiger partial charge in [0.1, 0.15) is 12.0 Å². The number of hydrogen-bond acceptors (Lipinski definition) is 4. The van der Waals surface area contributed by atoms with E-state index in [-0.39, 0.29) is 0 Å². The van der Waals surface area contributed by atoms with E-state index in [0.29, 0.717) is 18.5 Å². The van der Waals surface area contributed by atoms with Gasteiger partial charge in [-0.1, -0.05) is 32.9 Å². The minimum absolute atomic E-state index is 0.291. The third kappa shape index (κ3) is 4.10. The molecule has 0 aliphatic rings. The SMILES string of the molecule is CCCNCc1coc(Oc2cccc(C(C)C)c2)n1. The molecule has 108 valence electrons. The van der Waals surface area contributed by atoms with Crippen LogP contribution in [0.25, 0.3) is 0 Å². The minimum atomic E-state index is 0.291. The van der Waals surface area contributed by atoms with Gasteiger partial charge in [0.05, 0.1) is 5.69 Å². The van der Waals surface area contributed by atoms with Crippen LogP contribution in [0.15, 0.2) is 34.9 Å². The molecule has 0 unspecified atom stereocenters. The van der Waals surface area contributed by atoms with Crippen molar-refractivity contribution >= 4 is 0 Å². The van der Waals surface area contributed by atoms with Gasteiger partial charge in [-0.2, -0.15) is 4.98 Å². The molecule has 0 saturated heterocycles. The molecule has 0 amide bonds. The van der Waals surface area contributed by atoms with Crippen molar-refractivity contribution in [3.8, 4) is 11.8 Å². The van der Waals surface area contributed by atoms with Crippen LogP contribution in [0, 0.1) is 0 Å². The predicted molar refractivity (Wildman–Crippen MR) is 79.1 cm³/mol. The Morgan fingerprint density at radius 1 is 1.35 bits per heavy atom. The lowest BCUT2D eigenvalue weighted by Gasteiger charge is -2.07. The van der Waals surface area contributed by atoms with Crippen LogP contribution in [-0.4, -0.2) is 11.5 Å². The zero-order valence-corrected chi connectivity index (χ0v) is 12.3. The largest absolute Gasteiger partial charge is 0.417 e. The van der Waals surface area contributed by atoms with Crippen LogP contribution in [0.1, 0.15) is 44.4 Å². The predicted octanol–water partition coefficient (Wildman–Crippen LogP) is 4.09. The quantitative estimate of drug-likeness (QED) is 0.772. The number of oxazole rings is 1. The molecule has 0 radical (unpaired) electrons. The fourth-order valence-electron chi connectivity index (χ4n) is 1.85. The van der Waals surface area contributed by atoms with Crippen molar-refractivity contribution in [3.05, 3.63) is 41.8 Å². The van der Waals surface area contributed by atoms with Gasteiger partial charge in [-0.05, 0) is 36.6 Å². The second kappa shape index (κ2) is 7.10. The molecule has 1 aromatic carbocycles. The van der Waals surface area contributed by atoms with Crippen LogP contribution >= 0.6 is 0 Å². The Kier molecular flexibility index (Phi) is 5.18. The first-order valence-corrected chi connectivity index (χ1v) is 7.12. The second-order valence-electron chi connectivity index (χ2n) is 5.11. The average Bonchev–Trinajstić information content (AvgIpc) is 2.87. The molecule has 0 atom stereocenters. The van der Waals surface area contributed by atoms with Crippen molar-refractivity contribution in [2.45, 2.75) is 39.7 Å². The van der Waals surface area contributed by atoms with E-state index in [1.54, 1.807) is 6.26 Å². The lowest BCUT2D eigenvalue weighted by Crippen LogP contribution is -2.13. The van der Waals surface area contributed by atoms with Gasteiger partial charge >= 0.3 is 6.08 Å². The lowest BCUT2D eigenvalue weighted by molar-refractivity contribution is 0.330. The molecule has 0 fully saturated rings. The smallest absolute Gasteiger partial charge is 0.399 e. The Balaban J connectivity index is 1.97. The van der Waals surface area contributed by atoms with E-state index >= 15 is 0 Å². The van der Waals surface area contributed by atoms with Gasteiger partial charge in [0, 0.05) is 6.54 Å². The van der Waals surface area contributed by atoms with Crippen LogP contribution in [0.5, 0.6) is 11.8 Å². The fraction of sp³-hybridized carbons (Fsp3) is 0.438. The summed E-state index contributed by atoms with van der Waals surface area (Å²) < 4.78 is 11.0. The highest BCUT2D eigenvalue weighted by molar-refractivity contribution is 5.31. The maximum atomic E-state index is 5.65. The first-order valence-electron chi connectivity index (χ1n) is 7.12. The highest BCUT2D eigenvalue weighted by Gasteiger charge is 2.07. The van der Waals surface area contributed by atoms with Gasteiger partial charge in [0.2, 0.25) is 0 Å². The zero-order chi connectivity index (χ0) is 14.4. The van der Waals surface area contributed by atoms with Gasteiger partial charge in [-0.3, -0.25) is 0 Å². The molecule has 2 aromatic rings. The van der Waals surface area contributed by atoms with Crippen LogP contribution in [-0.2, 0) is 6.54 Å². The second-order valence-corrected chi connectivity index (χ2v) is 5.11. The van der Waals surface area contributed by atoms with Crippen molar-refractivity contribution < 1.29 is 9.15 Å². The molecule has 4 nitrogen and oxygen atoms in total. The van der Waals surface area contributed by atoms with Gasteiger partial charge in [0.25, 0.3) is 0 Å². The summed E-state index contributed by atoms with van der Waals surface area (Å²) in [6, 6.07) is 8.00. The fourth-order valence-corrected chi connectivity index (χ4v) is 1.85. The summed E-state index contributed by atoms with van der Waals surface area (Å²) in [5, 5.41) is 3.27. The Hall–Kier alpha value is -1.81.